The van der Waals surface area contributed by atoms with Gasteiger partial charge in [0.25, 0.3) is 0 Å². The maximum atomic E-state index is 14.9. The van der Waals surface area contributed by atoms with Crippen molar-refractivity contribution >= 4 is 11.6 Å². The van der Waals surface area contributed by atoms with E-state index < -0.39 is 47.7 Å². The highest BCUT2D eigenvalue weighted by Gasteiger charge is 2.54. The quantitative estimate of drug-likeness (QED) is 0.0879. The smallest absolute Gasteiger partial charge is 0.351 e. The Bertz CT molecular complexity index is 1980. The number of nitrogens with zero attached hydrogens (tertiary/aromatic N) is 2. The predicted octanol–water partition coefficient (Wildman–Crippen LogP) is 4.70. The molecule has 2 heterocycles. The van der Waals surface area contributed by atoms with Gasteiger partial charge in [-0.2, -0.15) is 4.98 Å². The van der Waals surface area contributed by atoms with Crippen LogP contribution in [0.3, 0.4) is 0 Å². The van der Waals surface area contributed by atoms with Gasteiger partial charge in [0.2, 0.25) is 0 Å². The lowest BCUT2D eigenvalue weighted by atomic mass is 9.79. The molecule has 0 radical (unpaired) electrons. The summed E-state index contributed by atoms with van der Waals surface area (Å²) in [6.07, 6.45) is -5.16. The molecule has 3 N–H and O–H groups in total. The van der Waals surface area contributed by atoms with Gasteiger partial charge in [-0.25, -0.2) is 4.79 Å². The maximum absolute atomic E-state index is 14.9. The Morgan fingerprint density at radius 3 is 1.94 bits per heavy atom. The second-order valence-electron chi connectivity index (χ2n) is 12.6. The third-order valence-electron chi connectivity index (χ3n) is 9.39. The predicted molar refractivity (Wildman–Crippen MR) is 197 cm³/mol. The summed E-state index contributed by atoms with van der Waals surface area (Å²) in [6.45, 7) is 1.96. The number of hydrogen-bond acceptors (Lipinski definition) is 11. The van der Waals surface area contributed by atoms with Gasteiger partial charge in [0.05, 0.1) is 27.4 Å². The third kappa shape index (κ3) is 7.59. The van der Waals surface area contributed by atoms with Crippen LogP contribution in [0.4, 0.5) is 5.82 Å². The van der Waals surface area contributed by atoms with Gasteiger partial charge in [-0.05, 0) is 47.9 Å². The number of nitrogens with two attached hydrogens (primary N) is 1. The van der Waals surface area contributed by atoms with Gasteiger partial charge in [-0.15, -0.1) is 0 Å². The largest absolute Gasteiger partial charge is 0.497 e. The number of aromatic nitrogens is 2. The number of methoxy groups -OCH3 is 3. The van der Waals surface area contributed by atoms with Crippen LogP contribution in [0.1, 0.15) is 38.8 Å². The van der Waals surface area contributed by atoms with E-state index in [-0.39, 0.29) is 19.0 Å². The molecule has 1 aliphatic heterocycles. The molecule has 1 saturated heterocycles. The van der Waals surface area contributed by atoms with E-state index in [0.717, 1.165) is 0 Å². The van der Waals surface area contributed by atoms with Gasteiger partial charge in [-0.3, -0.25) is 9.36 Å². The molecule has 1 unspecified atom stereocenters. The van der Waals surface area contributed by atoms with E-state index in [1.807, 2.05) is 78.9 Å². The second kappa shape index (κ2) is 16.5. The minimum absolute atomic E-state index is 0.0603. The van der Waals surface area contributed by atoms with Gasteiger partial charge >= 0.3 is 5.69 Å². The molecule has 0 bridgehead atoms. The fraction of sp³-hybridized carbons (Fsp3) is 0.293. The lowest BCUT2D eigenvalue weighted by Gasteiger charge is -2.40. The average Bonchev–Trinajstić information content (AvgIpc) is 3.52. The van der Waals surface area contributed by atoms with Crippen LogP contribution < -0.4 is 20.9 Å². The highest BCUT2D eigenvalue weighted by molar-refractivity contribution is 6.00. The molecule has 276 valence electrons. The van der Waals surface area contributed by atoms with Crippen LogP contribution in [0.15, 0.2) is 120 Å². The Hall–Kier alpha value is -5.37. The van der Waals surface area contributed by atoms with Crippen molar-refractivity contribution in [2.24, 2.45) is 0 Å². The van der Waals surface area contributed by atoms with Crippen molar-refractivity contribution < 1.29 is 38.3 Å². The molecule has 6 rings (SSSR count). The first kappa shape index (κ1) is 37.4. The number of benzene rings is 4. The van der Waals surface area contributed by atoms with Crippen molar-refractivity contribution in [3.8, 4) is 11.5 Å². The number of Topliss-reactive ketones (excluding diaryl/α,β-unsaturated/α-hetero) is 1. The molecule has 53 heavy (non-hydrogen) atoms. The second-order valence-corrected chi connectivity index (χ2v) is 12.6. The van der Waals surface area contributed by atoms with Gasteiger partial charge in [0, 0.05) is 24.4 Å². The first-order valence-electron chi connectivity index (χ1n) is 17.1. The fourth-order valence-electron chi connectivity index (χ4n) is 6.61. The molecule has 5 aromatic rings. The number of anilines is 1. The number of carbonyl (C=O) groups is 1. The molecule has 0 amide bonds. The summed E-state index contributed by atoms with van der Waals surface area (Å²) in [5, 5.41) is 12.2. The van der Waals surface area contributed by atoms with Gasteiger partial charge in [0.15, 0.2) is 18.1 Å². The number of carbonyl (C=O) groups excluding carboxylic acids is 1. The van der Waals surface area contributed by atoms with E-state index in [4.69, 9.17) is 34.2 Å². The molecule has 1 aliphatic rings. The van der Waals surface area contributed by atoms with Crippen molar-refractivity contribution in [1.29, 1.82) is 0 Å². The first-order valence-corrected chi connectivity index (χ1v) is 17.1. The Labute approximate surface area is 307 Å². The van der Waals surface area contributed by atoms with Crippen molar-refractivity contribution in [1.82, 2.24) is 9.55 Å². The molecule has 4 aromatic carbocycles. The molecule has 0 saturated carbocycles. The van der Waals surface area contributed by atoms with Crippen LogP contribution in [0.5, 0.6) is 11.5 Å². The Balaban J connectivity index is 1.57. The van der Waals surface area contributed by atoms with E-state index in [2.05, 4.69) is 4.98 Å². The van der Waals surface area contributed by atoms with E-state index in [0.29, 0.717) is 39.3 Å². The molecule has 0 aliphatic carbocycles. The fourth-order valence-corrected chi connectivity index (χ4v) is 6.61. The minimum atomic E-state index is -1.48. The highest BCUT2D eigenvalue weighted by Crippen LogP contribution is 2.45. The number of aliphatic hydroxyl groups excluding tert-OH is 1. The monoisotopic (exact) mass is 721 g/mol. The first-order chi connectivity index (χ1) is 25.7. The summed E-state index contributed by atoms with van der Waals surface area (Å²) in [5.41, 5.74) is 6.61. The SMILES string of the molecule is COCCO[C@@H]1[C@H](O)[C@@H](C(OC(c2ccccc2)(c2ccc(OC)cc2)c2ccc(OC)cc2)C(=O)c2ccccc2)O[C@H]1n1cc(C)c(N)nc1=O. The van der Waals surface area contributed by atoms with Crippen LogP contribution >= 0.6 is 0 Å². The molecule has 12 nitrogen and oxygen atoms in total. The van der Waals surface area contributed by atoms with Crippen LogP contribution in [0.25, 0.3) is 0 Å². The van der Waals surface area contributed by atoms with E-state index in [1.165, 1.54) is 17.9 Å². The number of aryl methyl sites for hydroxylation is 1. The van der Waals surface area contributed by atoms with E-state index in [9.17, 15) is 14.7 Å². The van der Waals surface area contributed by atoms with Gasteiger partial charge < -0.3 is 39.3 Å². The minimum Gasteiger partial charge on any atom is -0.497 e. The number of ketones is 1. The van der Waals surface area contributed by atoms with Crippen molar-refractivity contribution in [2.45, 2.75) is 43.2 Å². The number of aliphatic hydroxyl groups is 1. The standard InChI is InChI=1S/C41H43N3O9/c1-26-25-44(40(47)43-38(26)42)39-37(51-24-23-48-2)34(46)35(52-39)36(33(45)27-11-7-5-8-12-27)53-41(28-13-9-6-10-14-28,29-15-19-31(49-3)20-16-29)30-17-21-32(50-4)22-18-30/h5-22,25,34-37,39,46H,23-24H2,1-4H3,(H2,42,43,47)/t34-,35+,36?,37-,39-/m1/s1. The molecule has 1 fully saturated rings. The Morgan fingerprint density at radius 2 is 1.40 bits per heavy atom. The van der Waals surface area contributed by atoms with Crippen molar-refractivity contribution in [3.63, 3.8) is 0 Å². The molecule has 5 atom stereocenters. The number of nitrogen functional groups attached to an aromatic ring is 1. The topological polar surface area (TPSA) is 154 Å². The van der Waals surface area contributed by atoms with Crippen molar-refractivity contribution in [2.75, 3.05) is 40.3 Å². The molecule has 1 aromatic heterocycles. The zero-order valence-corrected chi connectivity index (χ0v) is 30.0. The van der Waals surface area contributed by atoms with Gasteiger partial charge in [0.1, 0.15) is 41.2 Å². The zero-order valence-electron chi connectivity index (χ0n) is 30.0. The molecule has 0 spiro atoms. The lowest BCUT2D eigenvalue weighted by molar-refractivity contribution is -0.128. The summed E-state index contributed by atoms with van der Waals surface area (Å²) in [5.74, 6) is 0.833. The van der Waals surface area contributed by atoms with Crippen LogP contribution in [0.2, 0.25) is 0 Å². The van der Waals surface area contributed by atoms with Crippen LogP contribution in [0, 0.1) is 6.92 Å². The summed E-state index contributed by atoms with van der Waals surface area (Å²) in [4.78, 5) is 32.2. The summed E-state index contributed by atoms with van der Waals surface area (Å²) < 4.78 is 37.5. The number of rotatable bonds is 15. The molecular formula is C41H43N3O9. The molecular weight excluding hydrogens is 678 g/mol. The third-order valence-corrected chi connectivity index (χ3v) is 9.39. The maximum Gasteiger partial charge on any atom is 0.351 e. The Kier molecular flexibility index (Phi) is 11.7. The van der Waals surface area contributed by atoms with Gasteiger partial charge in [-0.1, -0.05) is 84.9 Å². The average molecular weight is 722 g/mol. The summed E-state index contributed by atoms with van der Waals surface area (Å²) in [6, 6.07) is 32.8. The number of hydrogen-bond donors (Lipinski definition) is 2. The zero-order chi connectivity index (χ0) is 37.5. The number of ether oxygens (including phenoxy) is 6. The van der Waals surface area contributed by atoms with Crippen LogP contribution in [-0.2, 0) is 24.5 Å². The van der Waals surface area contributed by atoms with Crippen molar-refractivity contribution in [3.05, 3.63) is 154 Å². The van der Waals surface area contributed by atoms with E-state index >= 15 is 0 Å². The van der Waals surface area contributed by atoms with E-state index in [1.54, 1.807) is 51.5 Å². The Morgan fingerprint density at radius 1 is 0.849 bits per heavy atom. The normalized spacial score (nSPS) is 19.1. The van der Waals surface area contributed by atoms with Crippen LogP contribution in [-0.4, -0.2) is 79.4 Å². The highest BCUT2D eigenvalue weighted by atomic mass is 16.6. The summed E-state index contributed by atoms with van der Waals surface area (Å²) in [7, 11) is 4.68. The lowest BCUT2D eigenvalue weighted by Crippen LogP contribution is -2.50. The molecule has 12 heteroatoms. The summed E-state index contributed by atoms with van der Waals surface area (Å²) >= 11 is 0.